The number of aromatic nitrogens is 4. The van der Waals surface area contributed by atoms with E-state index in [2.05, 4.69) is 31.3 Å². The fraction of sp³-hybridized carbons (Fsp3) is 0.250. The first-order valence-electron chi connectivity index (χ1n) is 10.6. The molecule has 4 rings (SSSR count). The van der Waals surface area contributed by atoms with Crippen LogP contribution in [0.4, 0.5) is 5.82 Å². The van der Waals surface area contributed by atoms with Crippen LogP contribution in [0.5, 0.6) is 11.6 Å². The molecule has 3 aromatic heterocycles. The van der Waals surface area contributed by atoms with Crippen molar-refractivity contribution < 1.29 is 9.53 Å². The molecule has 164 valence electrons. The predicted octanol–water partition coefficient (Wildman–Crippen LogP) is 4.16. The number of benzene rings is 1. The summed E-state index contributed by atoms with van der Waals surface area (Å²) in [5, 5.41) is 4.02. The third-order valence-electron chi connectivity index (χ3n) is 5.05. The Morgan fingerprint density at radius 2 is 2.00 bits per heavy atom. The number of H-pyrrole nitrogens is 1. The topological polar surface area (TPSA) is 96.0 Å². The second-order valence-electron chi connectivity index (χ2n) is 7.50. The summed E-state index contributed by atoms with van der Waals surface area (Å²) >= 11 is 0. The molecule has 0 aliphatic carbocycles. The van der Waals surface area contributed by atoms with Crippen LogP contribution in [0.2, 0.25) is 0 Å². The molecule has 0 aliphatic heterocycles. The maximum absolute atomic E-state index is 11.6. The summed E-state index contributed by atoms with van der Waals surface area (Å²) in [5.41, 5.74) is 2.92. The van der Waals surface area contributed by atoms with E-state index < -0.39 is 0 Å². The molecule has 0 fully saturated rings. The number of pyridine rings is 1. The molecule has 0 spiro atoms. The lowest BCUT2D eigenvalue weighted by molar-refractivity contribution is -0.121. The van der Waals surface area contributed by atoms with Gasteiger partial charge in [-0.25, -0.2) is 0 Å². The Hall–Kier alpha value is -3.94. The number of amides is 1. The number of anilines is 1. The van der Waals surface area contributed by atoms with Crippen molar-refractivity contribution in [2.75, 3.05) is 25.0 Å². The summed E-state index contributed by atoms with van der Waals surface area (Å²) in [6.07, 6.45) is 8.38. The van der Waals surface area contributed by atoms with Crippen LogP contribution < -0.4 is 15.0 Å². The van der Waals surface area contributed by atoms with Gasteiger partial charge in [-0.2, -0.15) is 4.98 Å². The minimum absolute atomic E-state index is 0.0655. The van der Waals surface area contributed by atoms with E-state index >= 15 is 0 Å². The fourth-order valence-corrected chi connectivity index (χ4v) is 3.29. The van der Waals surface area contributed by atoms with Crippen molar-refractivity contribution >= 4 is 22.6 Å². The van der Waals surface area contributed by atoms with Gasteiger partial charge in [-0.3, -0.25) is 14.8 Å². The van der Waals surface area contributed by atoms with E-state index in [1.54, 1.807) is 12.4 Å². The van der Waals surface area contributed by atoms with Crippen LogP contribution in [-0.4, -0.2) is 46.0 Å². The van der Waals surface area contributed by atoms with Gasteiger partial charge in [0.2, 0.25) is 11.8 Å². The third-order valence-corrected chi connectivity index (χ3v) is 5.05. The molecular weight excluding hydrogens is 404 g/mol. The highest BCUT2D eigenvalue weighted by molar-refractivity contribution is 5.82. The van der Waals surface area contributed by atoms with Crippen molar-refractivity contribution in [1.82, 2.24) is 25.3 Å². The molecule has 0 saturated carbocycles. The average molecular weight is 431 g/mol. The number of fused-ring (bicyclic) bond motifs is 1. The van der Waals surface area contributed by atoms with E-state index in [-0.39, 0.29) is 5.91 Å². The number of ether oxygens (including phenoxy) is 1. The molecule has 2 N–H and O–H groups in total. The van der Waals surface area contributed by atoms with Gasteiger partial charge in [-0.05, 0) is 42.8 Å². The molecule has 4 aromatic rings. The molecule has 0 radical (unpaired) electrons. The Kier molecular flexibility index (Phi) is 6.60. The fourth-order valence-electron chi connectivity index (χ4n) is 3.29. The van der Waals surface area contributed by atoms with Gasteiger partial charge in [0.1, 0.15) is 5.75 Å². The summed E-state index contributed by atoms with van der Waals surface area (Å²) in [7, 11) is 1.91. The first-order valence-corrected chi connectivity index (χ1v) is 10.6. The average Bonchev–Trinajstić information content (AvgIpc) is 3.28. The van der Waals surface area contributed by atoms with Crippen LogP contribution in [0, 0.1) is 0 Å². The lowest BCUT2D eigenvalue weighted by atomic mass is 10.1. The zero-order chi connectivity index (χ0) is 22.3. The van der Waals surface area contributed by atoms with Gasteiger partial charge in [-0.1, -0.05) is 6.92 Å². The lowest BCUT2D eigenvalue weighted by Gasteiger charge is -2.18. The number of carbonyl (C=O) groups excluding carboxylic acids is 1. The maximum atomic E-state index is 11.6. The van der Waals surface area contributed by atoms with Crippen LogP contribution in [0.3, 0.4) is 0 Å². The molecule has 1 aromatic carbocycles. The molecule has 0 aliphatic rings. The van der Waals surface area contributed by atoms with Gasteiger partial charge in [0.25, 0.3) is 0 Å². The van der Waals surface area contributed by atoms with Gasteiger partial charge in [0.15, 0.2) is 5.82 Å². The van der Waals surface area contributed by atoms with Gasteiger partial charge in [-0.15, -0.1) is 0 Å². The molecule has 0 atom stereocenters. The van der Waals surface area contributed by atoms with E-state index in [1.165, 1.54) is 0 Å². The van der Waals surface area contributed by atoms with Gasteiger partial charge in [0, 0.05) is 43.7 Å². The lowest BCUT2D eigenvalue weighted by Crippen LogP contribution is -2.33. The minimum Gasteiger partial charge on any atom is -0.437 e. The van der Waals surface area contributed by atoms with Crippen LogP contribution in [-0.2, 0) is 4.79 Å². The van der Waals surface area contributed by atoms with Crippen molar-refractivity contribution in [1.29, 1.82) is 0 Å². The van der Waals surface area contributed by atoms with Crippen molar-refractivity contribution in [2.45, 2.75) is 19.8 Å². The number of hydrogen-bond acceptors (Lipinski definition) is 6. The summed E-state index contributed by atoms with van der Waals surface area (Å²) in [6, 6.07) is 11.8. The highest BCUT2D eigenvalue weighted by Gasteiger charge is 2.08. The highest BCUT2D eigenvalue weighted by Crippen LogP contribution is 2.26. The summed E-state index contributed by atoms with van der Waals surface area (Å²) in [6.45, 7) is 3.16. The molecule has 0 saturated heterocycles. The highest BCUT2D eigenvalue weighted by atomic mass is 16.5. The Morgan fingerprint density at radius 3 is 2.81 bits per heavy atom. The number of hydrogen-bond donors (Lipinski definition) is 2. The summed E-state index contributed by atoms with van der Waals surface area (Å²) in [4.78, 5) is 29.9. The first-order chi connectivity index (χ1) is 15.6. The quantitative estimate of drug-likeness (QED) is 0.414. The molecule has 0 unspecified atom stereocenters. The molecule has 8 nitrogen and oxygen atoms in total. The molecule has 1 amide bonds. The number of likely N-dealkylation sites (N-methyl/N-ethyl adjacent to an activating group) is 1. The van der Waals surface area contributed by atoms with Gasteiger partial charge in [0.05, 0.1) is 29.8 Å². The Morgan fingerprint density at radius 1 is 1.16 bits per heavy atom. The third kappa shape index (κ3) is 5.21. The Bertz CT molecular complexity index is 1190. The van der Waals surface area contributed by atoms with Crippen molar-refractivity contribution in [3.63, 3.8) is 0 Å². The van der Waals surface area contributed by atoms with Crippen LogP contribution in [0.25, 0.3) is 22.2 Å². The number of rotatable bonds is 9. The molecule has 0 bridgehead atoms. The van der Waals surface area contributed by atoms with Crippen LogP contribution in [0.15, 0.2) is 61.2 Å². The molecule has 32 heavy (non-hydrogen) atoms. The largest absolute Gasteiger partial charge is 0.437 e. The van der Waals surface area contributed by atoms with Crippen molar-refractivity contribution in [2.24, 2.45) is 0 Å². The van der Waals surface area contributed by atoms with Crippen LogP contribution in [0.1, 0.15) is 19.8 Å². The standard InChI is InChI=1S/C24H26N6O2/c1-3-4-23(31)27-11-12-30(2)22-15-25-16-24(29-22)32-19-7-5-17(6-8-19)20-13-18-9-10-26-21(18)14-28-20/h5-10,13-16,26H,3-4,11-12H2,1-2H3,(H,27,31). The Balaban J connectivity index is 1.38. The molecule has 3 heterocycles. The number of carbonyl (C=O) groups is 1. The number of nitrogens with one attached hydrogen (secondary N) is 2. The second kappa shape index (κ2) is 9.91. The van der Waals surface area contributed by atoms with E-state index in [0.29, 0.717) is 37.0 Å². The number of nitrogens with zero attached hydrogens (tertiary/aromatic N) is 4. The zero-order valence-corrected chi connectivity index (χ0v) is 18.2. The molecular formula is C24H26N6O2. The minimum atomic E-state index is 0.0655. The summed E-state index contributed by atoms with van der Waals surface area (Å²) < 4.78 is 5.90. The van der Waals surface area contributed by atoms with Gasteiger partial charge >= 0.3 is 0 Å². The van der Waals surface area contributed by atoms with E-state index in [9.17, 15) is 4.79 Å². The maximum Gasteiger partial charge on any atom is 0.239 e. The zero-order valence-electron chi connectivity index (χ0n) is 18.2. The number of aromatic amines is 1. The first kappa shape index (κ1) is 21.3. The Labute approximate surface area is 186 Å². The van der Waals surface area contributed by atoms with E-state index in [0.717, 1.165) is 28.6 Å². The normalized spacial score (nSPS) is 10.8. The van der Waals surface area contributed by atoms with Crippen molar-refractivity contribution in [3.05, 3.63) is 61.2 Å². The smallest absolute Gasteiger partial charge is 0.239 e. The van der Waals surface area contributed by atoms with E-state index in [4.69, 9.17) is 4.74 Å². The van der Waals surface area contributed by atoms with E-state index in [1.807, 2.05) is 61.6 Å². The SMILES string of the molecule is CCCC(=O)NCCN(C)c1cncc(Oc2ccc(-c3cc4cc[nH]c4cn3)cc2)n1. The molecule has 8 heteroatoms. The second-order valence-corrected chi connectivity index (χ2v) is 7.50. The predicted molar refractivity (Wildman–Crippen MR) is 125 cm³/mol. The van der Waals surface area contributed by atoms with Crippen molar-refractivity contribution in [3.8, 4) is 22.9 Å². The van der Waals surface area contributed by atoms with Crippen LogP contribution >= 0.6 is 0 Å². The monoisotopic (exact) mass is 430 g/mol. The van der Waals surface area contributed by atoms with Gasteiger partial charge < -0.3 is 19.9 Å². The summed E-state index contributed by atoms with van der Waals surface area (Å²) in [5.74, 6) is 1.81.